The minimum atomic E-state index is -0.801. The Morgan fingerprint density at radius 2 is 1.77 bits per heavy atom. The fourth-order valence-corrected chi connectivity index (χ4v) is 2.92. The van der Waals surface area contributed by atoms with Crippen LogP contribution < -0.4 is 15.4 Å². The summed E-state index contributed by atoms with van der Waals surface area (Å²) in [5.74, 6) is -2.10. The lowest BCUT2D eigenvalue weighted by Crippen LogP contribution is -2.38. The summed E-state index contributed by atoms with van der Waals surface area (Å²) < 4.78 is 31.7. The minimum Gasteiger partial charge on any atom is -0.488 e. The summed E-state index contributed by atoms with van der Waals surface area (Å²) in [4.78, 5) is 24.3. The molecule has 0 saturated heterocycles. The molecule has 0 aromatic heterocycles. The van der Waals surface area contributed by atoms with E-state index in [4.69, 9.17) is 4.74 Å². The number of carbonyl (C=O) groups is 2. The van der Waals surface area contributed by atoms with E-state index in [-0.39, 0.29) is 37.1 Å². The normalized spacial score (nSPS) is 11.7. The largest absolute Gasteiger partial charge is 0.488 e. The van der Waals surface area contributed by atoms with Gasteiger partial charge in [0, 0.05) is 24.6 Å². The molecule has 0 fully saturated rings. The van der Waals surface area contributed by atoms with Crippen LogP contribution in [0.4, 0.5) is 8.78 Å². The summed E-state index contributed by atoms with van der Waals surface area (Å²) in [6.45, 7) is 1.91. The Morgan fingerprint density at radius 1 is 1.00 bits per heavy atom. The van der Waals surface area contributed by atoms with Crippen molar-refractivity contribution in [3.63, 3.8) is 0 Å². The van der Waals surface area contributed by atoms with Crippen LogP contribution >= 0.6 is 0 Å². The van der Waals surface area contributed by atoms with Crippen molar-refractivity contribution in [2.24, 2.45) is 0 Å². The number of hydrogen-bond donors (Lipinski definition) is 2. The number of benzene rings is 3. The van der Waals surface area contributed by atoms with Gasteiger partial charge in [-0.25, -0.2) is 8.78 Å². The second kappa shape index (κ2) is 9.82. The summed E-state index contributed by atoms with van der Waals surface area (Å²) >= 11 is 0. The first-order valence-electron chi connectivity index (χ1n) is 9.56. The molecule has 5 nitrogen and oxygen atoms in total. The van der Waals surface area contributed by atoms with E-state index >= 15 is 0 Å². The van der Waals surface area contributed by atoms with Crippen molar-refractivity contribution >= 4 is 22.6 Å². The predicted octanol–water partition coefficient (Wildman–Crippen LogP) is 3.82. The molecule has 0 radical (unpaired) electrons. The molecular weight excluding hydrogens is 390 g/mol. The predicted molar refractivity (Wildman–Crippen MR) is 110 cm³/mol. The maximum Gasteiger partial charge on any atom is 0.251 e. The van der Waals surface area contributed by atoms with E-state index in [9.17, 15) is 18.4 Å². The van der Waals surface area contributed by atoms with Gasteiger partial charge < -0.3 is 15.4 Å². The third-order valence-corrected chi connectivity index (χ3v) is 4.44. The fraction of sp³-hybridized carbons (Fsp3) is 0.217. The van der Waals surface area contributed by atoms with E-state index in [1.807, 2.05) is 30.3 Å². The monoisotopic (exact) mass is 412 g/mol. The lowest BCUT2D eigenvalue weighted by atomic mass is 10.1. The van der Waals surface area contributed by atoms with Gasteiger partial charge in [0.2, 0.25) is 5.91 Å². The number of rotatable bonds is 8. The second-order valence-corrected chi connectivity index (χ2v) is 6.92. The SMILES string of the molecule is CC(COc1ccc(F)cc1F)NC(=O)CCNC(=O)c1ccc2ccccc2c1. The highest BCUT2D eigenvalue weighted by molar-refractivity contribution is 5.98. The van der Waals surface area contributed by atoms with Gasteiger partial charge in [0.05, 0.1) is 6.04 Å². The van der Waals surface area contributed by atoms with E-state index < -0.39 is 17.7 Å². The zero-order chi connectivity index (χ0) is 21.5. The van der Waals surface area contributed by atoms with Crippen LogP contribution in [0.3, 0.4) is 0 Å². The van der Waals surface area contributed by atoms with Crippen LogP contribution in [0.25, 0.3) is 10.8 Å². The molecule has 1 atom stereocenters. The quantitative estimate of drug-likeness (QED) is 0.591. The number of carbonyl (C=O) groups excluding carboxylic acids is 2. The minimum absolute atomic E-state index is 0.0255. The Labute approximate surface area is 173 Å². The Hall–Kier alpha value is -3.48. The van der Waals surface area contributed by atoms with Gasteiger partial charge >= 0.3 is 0 Å². The molecule has 1 unspecified atom stereocenters. The van der Waals surface area contributed by atoms with Crippen LogP contribution in [0.5, 0.6) is 5.75 Å². The summed E-state index contributed by atoms with van der Waals surface area (Å²) in [6.07, 6.45) is 0.0918. The maximum absolute atomic E-state index is 13.5. The highest BCUT2D eigenvalue weighted by Crippen LogP contribution is 2.18. The lowest BCUT2D eigenvalue weighted by Gasteiger charge is -2.15. The molecule has 3 aromatic carbocycles. The van der Waals surface area contributed by atoms with Crippen LogP contribution in [-0.2, 0) is 4.79 Å². The number of halogens is 2. The topological polar surface area (TPSA) is 67.4 Å². The van der Waals surface area contributed by atoms with Gasteiger partial charge in [0.1, 0.15) is 12.4 Å². The number of ether oxygens (including phenoxy) is 1. The first-order chi connectivity index (χ1) is 14.4. The molecule has 3 rings (SSSR count). The molecule has 156 valence electrons. The summed E-state index contributed by atoms with van der Waals surface area (Å²) in [5, 5.41) is 7.44. The van der Waals surface area contributed by atoms with Crippen molar-refractivity contribution in [3.8, 4) is 5.75 Å². The molecule has 0 bridgehead atoms. The molecule has 30 heavy (non-hydrogen) atoms. The second-order valence-electron chi connectivity index (χ2n) is 6.92. The molecule has 0 aliphatic carbocycles. The van der Waals surface area contributed by atoms with Crippen LogP contribution in [0, 0.1) is 11.6 Å². The zero-order valence-corrected chi connectivity index (χ0v) is 16.5. The average Bonchev–Trinajstić information content (AvgIpc) is 2.72. The van der Waals surface area contributed by atoms with Crippen LogP contribution in [0.1, 0.15) is 23.7 Å². The fourth-order valence-electron chi connectivity index (χ4n) is 2.92. The third kappa shape index (κ3) is 5.76. The molecule has 3 aromatic rings. The molecule has 0 aliphatic rings. The van der Waals surface area contributed by atoms with Crippen molar-refractivity contribution in [1.82, 2.24) is 10.6 Å². The zero-order valence-electron chi connectivity index (χ0n) is 16.5. The first-order valence-corrected chi connectivity index (χ1v) is 9.56. The molecule has 0 saturated carbocycles. The van der Waals surface area contributed by atoms with Gasteiger partial charge in [-0.1, -0.05) is 30.3 Å². The molecular formula is C23H22F2N2O3. The van der Waals surface area contributed by atoms with Crippen molar-refractivity contribution < 1.29 is 23.1 Å². The number of fused-ring (bicyclic) bond motifs is 1. The third-order valence-electron chi connectivity index (χ3n) is 4.44. The van der Waals surface area contributed by atoms with Gasteiger partial charge in [-0.2, -0.15) is 0 Å². The summed E-state index contributed by atoms with van der Waals surface area (Å²) in [6, 6.07) is 15.8. The number of amides is 2. The molecule has 7 heteroatoms. The summed E-state index contributed by atoms with van der Waals surface area (Å²) in [5.41, 5.74) is 0.525. The molecule has 0 aliphatic heterocycles. The Balaban J connectivity index is 1.40. The average molecular weight is 412 g/mol. The lowest BCUT2D eigenvalue weighted by molar-refractivity contribution is -0.121. The van der Waals surface area contributed by atoms with E-state index in [1.165, 1.54) is 6.07 Å². The van der Waals surface area contributed by atoms with Crippen LogP contribution in [0.2, 0.25) is 0 Å². The highest BCUT2D eigenvalue weighted by atomic mass is 19.1. The van der Waals surface area contributed by atoms with Crippen LogP contribution in [-0.4, -0.2) is 31.0 Å². The summed E-state index contributed by atoms with van der Waals surface area (Å²) in [7, 11) is 0. The molecule has 2 N–H and O–H groups in total. The van der Waals surface area contributed by atoms with E-state index in [0.29, 0.717) is 5.56 Å². The van der Waals surface area contributed by atoms with Crippen molar-refractivity contribution in [2.75, 3.05) is 13.2 Å². The standard InChI is InChI=1S/C23H22F2N2O3/c1-15(14-30-21-9-8-19(24)13-20(21)25)27-22(28)10-11-26-23(29)18-7-6-16-4-2-3-5-17(16)12-18/h2-9,12-13,15H,10-11,14H2,1H3,(H,26,29)(H,27,28). The number of nitrogens with one attached hydrogen (secondary N) is 2. The van der Waals surface area contributed by atoms with Crippen molar-refractivity contribution in [1.29, 1.82) is 0 Å². The van der Waals surface area contributed by atoms with Gasteiger partial charge in [0.25, 0.3) is 5.91 Å². The van der Waals surface area contributed by atoms with E-state index in [0.717, 1.165) is 22.9 Å². The molecule has 0 heterocycles. The Morgan fingerprint density at radius 3 is 2.53 bits per heavy atom. The molecule has 2 amide bonds. The van der Waals surface area contributed by atoms with Gasteiger partial charge in [-0.3, -0.25) is 9.59 Å². The first kappa shape index (κ1) is 21.2. The van der Waals surface area contributed by atoms with E-state index in [1.54, 1.807) is 19.1 Å². The van der Waals surface area contributed by atoms with E-state index in [2.05, 4.69) is 10.6 Å². The Kier molecular flexibility index (Phi) is 6.95. The van der Waals surface area contributed by atoms with Crippen molar-refractivity contribution in [2.45, 2.75) is 19.4 Å². The molecule has 0 spiro atoms. The maximum atomic E-state index is 13.5. The van der Waals surface area contributed by atoms with Gasteiger partial charge in [0.15, 0.2) is 11.6 Å². The van der Waals surface area contributed by atoms with Gasteiger partial charge in [-0.15, -0.1) is 0 Å². The number of hydrogen-bond acceptors (Lipinski definition) is 3. The van der Waals surface area contributed by atoms with Crippen LogP contribution in [0.15, 0.2) is 60.7 Å². The highest BCUT2D eigenvalue weighted by Gasteiger charge is 2.12. The smallest absolute Gasteiger partial charge is 0.251 e. The van der Waals surface area contributed by atoms with Crippen molar-refractivity contribution in [3.05, 3.63) is 77.9 Å². The van der Waals surface area contributed by atoms with Gasteiger partial charge in [-0.05, 0) is 42.0 Å². The Bertz CT molecular complexity index is 1060.